The molecule has 1 fully saturated rings. The van der Waals surface area contributed by atoms with E-state index in [-0.39, 0.29) is 18.0 Å². The fourth-order valence-corrected chi connectivity index (χ4v) is 4.41. The fraction of sp³-hybridized carbons (Fsp3) is 0.321. The van der Waals surface area contributed by atoms with Gasteiger partial charge < -0.3 is 9.64 Å². The highest BCUT2D eigenvalue weighted by Crippen LogP contribution is 2.27. The molecule has 5 nitrogen and oxygen atoms in total. The number of carbonyl (C=O) groups excluding carboxylic acids is 1. The van der Waals surface area contributed by atoms with Crippen molar-refractivity contribution in [3.05, 3.63) is 83.0 Å². The van der Waals surface area contributed by atoms with E-state index in [1.54, 1.807) is 6.20 Å². The van der Waals surface area contributed by atoms with Gasteiger partial charge in [-0.2, -0.15) is 5.26 Å². The van der Waals surface area contributed by atoms with Gasteiger partial charge in [-0.1, -0.05) is 37.3 Å². The summed E-state index contributed by atoms with van der Waals surface area (Å²) >= 11 is 0. The van der Waals surface area contributed by atoms with E-state index in [2.05, 4.69) is 36.7 Å². The van der Waals surface area contributed by atoms with Crippen molar-refractivity contribution in [3.63, 3.8) is 0 Å². The maximum absolute atomic E-state index is 13.1. The SMILES string of the molecule is CCc1ccc(C(=O)Cc2ccc(N3C[C@@H](C)O[C@@H](C)C3)nc2)cc1-c1ccc(C#N)cc1. The molecule has 0 amide bonds. The number of pyridine rings is 1. The molecular formula is C28H29N3O2. The summed E-state index contributed by atoms with van der Waals surface area (Å²) in [4.78, 5) is 19.9. The number of nitrogens with zero attached hydrogens (tertiary/aromatic N) is 3. The normalized spacial score (nSPS) is 18.1. The third kappa shape index (κ3) is 5.30. The zero-order valence-corrected chi connectivity index (χ0v) is 19.4. The molecule has 1 aromatic heterocycles. The molecule has 0 saturated carbocycles. The van der Waals surface area contributed by atoms with Gasteiger partial charge in [0.1, 0.15) is 5.82 Å². The van der Waals surface area contributed by atoms with Crippen LogP contribution in [0.4, 0.5) is 5.82 Å². The standard InChI is InChI=1S/C28H29N3O2/c1-4-23-10-11-25(14-26(23)24-8-5-21(15-29)6-9-24)27(32)13-22-7-12-28(30-16-22)31-17-19(2)33-20(3)18-31/h5-12,14,16,19-20H,4,13,17-18H2,1-3H3/t19-,20+. The number of anilines is 1. The Labute approximate surface area is 195 Å². The number of hydrogen-bond acceptors (Lipinski definition) is 5. The number of nitriles is 1. The van der Waals surface area contributed by atoms with E-state index in [1.807, 2.05) is 54.6 Å². The smallest absolute Gasteiger partial charge is 0.167 e. The minimum atomic E-state index is 0.0655. The summed E-state index contributed by atoms with van der Waals surface area (Å²) in [6.45, 7) is 7.89. The van der Waals surface area contributed by atoms with Crippen LogP contribution in [-0.4, -0.2) is 36.1 Å². The van der Waals surface area contributed by atoms with Crippen molar-refractivity contribution in [2.45, 2.75) is 45.8 Å². The molecule has 2 atom stereocenters. The molecule has 33 heavy (non-hydrogen) atoms. The number of aromatic nitrogens is 1. The number of aryl methyl sites for hydroxylation is 1. The van der Waals surface area contributed by atoms with Gasteiger partial charge >= 0.3 is 0 Å². The zero-order valence-electron chi connectivity index (χ0n) is 19.4. The van der Waals surface area contributed by atoms with Gasteiger partial charge in [-0.15, -0.1) is 0 Å². The molecule has 1 saturated heterocycles. The first kappa shape index (κ1) is 22.7. The van der Waals surface area contributed by atoms with Gasteiger partial charge in [0.05, 0.1) is 23.8 Å². The summed E-state index contributed by atoms with van der Waals surface area (Å²) < 4.78 is 5.80. The molecule has 0 radical (unpaired) electrons. The molecule has 0 unspecified atom stereocenters. The molecule has 4 rings (SSSR count). The number of hydrogen-bond donors (Lipinski definition) is 0. The molecule has 2 heterocycles. The lowest BCUT2D eigenvalue weighted by Gasteiger charge is -2.36. The molecule has 0 aliphatic carbocycles. The van der Waals surface area contributed by atoms with Crippen LogP contribution in [0.2, 0.25) is 0 Å². The fourth-order valence-electron chi connectivity index (χ4n) is 4.41. The minimum Gasteiger partial charge on any atom is -0.372 e. The highest BCUT2D eigenvalue weighted by atomic mass is 16.5. The molecule has 0 N–H and O–H groups in total. The van der Waals surface area contributed by atoms with Gasteiger partial charge in [0.2, 0.25) is 0 Å². The quantitative estimate of drug-likeness (QED) is 0.493. The minimum absolute atomic E-state index is 0.0655. The van der Waals surface area contributed by atoms with Crippen LogP contribution in [0.1, 0.15) is 47.8 Å². The number of benzene rings is 2. The second-order valence-corrected chi connectivity index (χ2v) is 8.70. The van der Waals surface area contributed by atoms with Gasteiger partial charge in [-0.05, 0) is 66.8 Å². The maximum Gasteiger partial charge on any atom is 0.167 e. The topological polar surface area (TPSA) is 66.2 Å². The summed E-state index contributed by atoms with van der Waals surface area (Å²) in [6, 6.07) is 19.6. The van der Waals surface area contributed by atoms with Crippen LogP contribution in [0.15, 0.2) is 60.8 Å². The van der Waals surface area contributed by atoms with Crippen LogP contribution in [0.5, 0.6) is 0 Å². The van der Waals surface area contributed by atoms with Crippen molar-refractivity contribution in [2.24, 2.45) is 0 Å². The van der Waals surface area contributed by atoms with Crippen LogP contribution in [0, 0.1) is 11.3 Å². The first-order chi connectivity index (χ1) is 16.0. The molecule has 1 aliphatic rings. The van der Waals surface area contributed by atoms with E-state index in [9.17, 15) is 4.79 Å². The highest BCUT2D eigenvalue weighted by molar-refractivity contribution is 5.98. The predicted molar refractivity (Wildman–Crippen MR) is 130 cm³/mol. The van der Waals surface area contributed by atoms with E-state index in [4.69, 9.17) is 10.00 Å². The third-order valence-electron chi connectivity index (χ3n) is 6.06. The Hall–Kier alpha value is -3.49. The van der Waals surface area contributed by atoms with Crippen molar-refractivity contribution >= 4 is 11.6 Å². The monoisotopic (exact) mass is 439 g/mol. The van der Waals surface area contributed by atoms with Gasteiger partial charge in [-0.25, -0.2) is 4.98 Å². The summed E-state index contributed by atoms with van der Waals surface area (Å²) in [5.74, 6) is 0.985. The summed E-state index contributed by atoms with van der Waals surface area (Å²) in [7, 11) is 0. The molecule has 5 heteroatoms. The average Bonchev–Trinajstić information content (AvgIpc) is 2.83. The lowest BCUT2D eigenvalue weighted by Crippen LogP contribution is -2.45. The van der Waals surface area contributed by atoms with Crippen LogP contribution >= 0.6 is 0 Å². The van der Waals surface area contributed by atoms with Crippen LogP contribution in [-0.2, 0) is 17.6 Å². The average molecular weight is 440 g/mol. The lowest BCUT2D eigenvalue weighted by molar-refractivity contribution is -0.00546. The summed E-state index contributed by atoms with van der Waals surface area (Å²) in [6.07, 6.45) is 3.33. The Morgan fingerprint density at radius 3 is 2.42 bits per heavy atom. The first-order valence-corrected chi connectivity index (χ1v) is 11.5. The Bertz CT molecular complexity index is 1150. The van der Waals surface area contributed by atoms with E-state index in [0.717, 1.165) is 42.0 Å². The number of ketones is 1. The van der Waals surface area contributed by atoms with Gasteiger partial charge in [0.15, 0.2) is 5.78 Å². The zero-order chi connectivity index (χ0) is 23.4. The first-order valence-electron chi connectivity index (χ1n) is 11.5. The lowest BCUT2D eigenvalue weighted by atomic mass is 9.93. The van der Waals surface area contributed by atoms with E-state index in [0.29, 0.717) is 17.5 Å². The summed E-state index contributed by atoms with van der Waals surface area (Å²) in [5, 5.41) is 9.06. The third-order valence-corrected chi connectivity index (χ3v) is 6.06. The number of ether oxygens (including phenoxy) is 1. The Balaban J connectivity index is 1.50. The van der Waals surface area contributed by atoms with Gasteiger partial charge in [-0.3, -0.25) is 4.79 Å². The second kappa shape index (κ2) is 9.97. The van der Waals surface area contributed by atoms with Crippen molar-refractivity contribution in [1.82, 2.24) is 4.98 Å². The molecule has 0 spiro atoms. The number of carbonyl (C=O) groups is 1. The van der Waals surface area contributed by atoms with E-state index >= 15 is 0 Å². The van der Waals surface area contributed by atoms with Crippen molar-refractivity contribution in [1.29, 1.82) is 5.26 Å². The van der Waals surface area contributed by atoms with Crippen LogP contribution < -0.4 is 4.90 Å². The second-order valence-electron chi connectivity index (χ2n) is 8.70. The van der Waals surface area contributed by atoms with Crippen molar-refractivity contribution < 1.29 is 9.53 Å². The molecule has 0 bridgehead atoms. The number of Topliss-reactive ketones (excluding diaryl/α,β-unsaturated/α-hetero) is 1. The van der Waals surface area contributed by atoms with E-state index in [1.165, 1.54) is 5.56 Å². The maximum atomic E-state index is 13.1. The van der Waals surface area contributed by atoms with Gasteiger partial charge in [0.25, 0.3) is 0 Å². The van der Waals surface area contributed by atoms with Crippen LogP contribution in [0.3, 0.4) is 0 Å². The van der Waals surface area contributed by atoms with Crippen molar-refractivity contribution in [2.75, 3.05) is 18.0 Å². The molecule has 1 aliphatic heterocycles. The molecule has 3 aromatic rings. The molecule has 168 valence electrons. The largest absolute Gasteiger partial charge is 0.372 e. The Morgan fingerprint density at radius 2 is 1.82 bits per heavy atom. The highest BCUT2D eigenvalue weighted by Gasteiger charge is 2.23. The predicted octanol–water partition coefficient (Wildman–Crippen LogP) is 5.22. The van der Waals surface area contributed by atoms with Crippen LogP contribution in [0.25, 0.3) is 11.1 Å². The summed E-state index contributed by atoms with van der Waals surface area (Å²) in [5.41, 5.74) is 5.44. The molecular weight excluding hydrogens is 410 g/mol. The number of rotatable bonds is 6. The number of morpholine rings is 1. The van der Waals surface area contributed by atoms with Gasteiger partial charge in [0, 0.05) is 31.3 Å². The van der Waals surface area contributed by atoms with Crippen molar-refractivity contribution in [3.8, 4) is 17.2 Å². The molecule has 2 aromatic carbocycles. The van der Waals surface area contributed by atoms with E-state index < -0.39 is 0 Å². The Morgan fingerprint density at radius 1 is 1.09 bits per heavy atom. The Kier molecular flexibility index (Phi) is 6.86.